The highest BCUT2D eigenvalue weighted by molar-refractivity contribution is 7.45. The quantitative estimate of drug-likeness (QED) is 0.0266. The predicted octanol–water partition coefficient (Wildman–Crippen LogP) is 6.77. The maximum Gasteiger partial charge on any atom is 0.306 e. The largest absolute Gasteiger partial charge is 0.756 e. The van der Waals surface area contributed by atoms with Crippen LogP contribution in [0.15, 0.2) is 12.2 Å². The number of hydrogen-bond acceptors (Lipinski definition) is 9. The number of carbonyl (C=O) groups is 3. The van der Waals surface area contributed by atoms with Gasteiger partial charge in [0.2, 0.25) is 5.91 Å². The number of ether oxygens (including phenoxy) is 2. The van der Waals surface area contributed by atoms with Crippen molar-refractivity contribution in [2.24, 2.45) is 0 Å². The SMILES string of the molecule is C=C(C)C(=O)NCCCCCCCCCCC(=O)O[C@H](COC(=O)CCCCCCCCCCC)COP(=O)([O-])OCC[N+](C)(C)C. The predicted molar refractivity (Wildman–Crippen MR) is 184 cm³/mol. The summed E-state index contributed by atoms with van der Waals surface area (Å²) in [5.74, 6) is -0.995. The number of quaternary nitrogens is 1. The first-order chi connectivity index (χ1) is 22.3. The number of nitrogens with one attached hydrogen (secondary N) is 1. The summed E-state index contributed by atoms with van der Waals surface area (Å²) in [5.41, 5.74) is 0.519. The van der Waals surface area contributed by atoms with Gasteiger partial charge in [-0.25, -0.2) is 0 Å². The van der Waals surface area contributed by atoms with Crippen molar-refractivity contribution in [3.63, 3.8) is 0 Å². The Kier molecular flexibility index (Phi) is 27.0. The number of amides is 1. The molecule has 0 spiro atoms. The summed E-state index contributed by atoms with van der Waals surface area (Å²) < 4.78 is 33.6. The molecule has 0 aliphatic rings. The molecule has 0 aromatic rings. The fourth-order valence-electron chi connectivity index (χ4n) is 4.65. The van der Waals surface area contributed by atoms with Gasteiger partial charge in [0, 0.05) is 25.0 Å². The number of likely N-dealkylation sites (N-methyl/N-ethyl adjacent to an activating group) is 1. The first-order valence-corrected chi connectivity index (χ1v) is 19.4. The average molecular weight is 691 g/mol. The van der Waals surface area contributed by atoms with Crippen molar-refractivity contribution in [1.82, 2.24) is 5.32 Å². The molecule has 0 aromatic heterocycles. The number of carbonyl (C=O) groups excluding carboxylic acids is 3. The van der Waals surface area contributed by atoms with E-state index in [9.17, 15) is 23.8 Å². The molecule has 11 nitrogen and oxygen atoms in total. The third-order valence-corrected chi connectivity index (χ3v) is 8.59. The van der Waals surface area contributed by atoms with Crippen LogP contribution in [0, 0.1) is 0 Å². The zero-order chi connectivity index (χ0) is 35.4. The van der Waals surface area contributed by atoms with E-state index in [1.807, 2.05) is 21.1 Å². The molecule has 1 unspecified atom stereocenters. The first-order valence-electron chi connectivity index (χ1n) is 17.9. The van der Waals surface area contributed by atoms with Gasteiger partial charge in [-0.3, -0.25) is 18.9 Å². The van der Waals surface area contributed by atoms with E-state index in [2.05, 4.69) is 18.8 Å². The van der Waals surface area contributed by atoms with E-state index in [4.69, 9.17) is 18.5 Å². The van der Waals surface area contributed by atoms with Crippen molar-refractivity contribution < 1.29 is 46.8 Å². The number of rotatable bonds is 32. The van der Waals surface area contributed by atoms with Crippen LogP contribution in [0.1, 0.15) is 136 Å². The molecule has 0 fully saturated rings. The van der Waals surface area contributed by atoms with Gasteiger partial charge in [-0.2, -0.15) is 0 Å². The number of hydrogen-bond donors (Lipinski definition) is 1. The van der Waals surface area contributed by atoms with E-state index in [1.54, 1.807) is 6.92 Å². The molecule has 1 amide bonds. The standard InChI is InChI=1S/C35H67N2O9P/c1-7-8-9-10-11-12-15-18-21-24-33(38)43-29-32(30-45-47(41,42)44-28-27-37(4,5)6)46-34(39)25-22-19-16-13-14-17-20-23-26-36-35(40)31(2)3/h32H,2,7-30H2,1,3-6H3,(H-,36,40,41,42)/t32-/m1/s1. The van der Waals surface area contributed by atoms with E-state index in [1.165, 1.54) is 38.5 Å². The fraction of sp³-hybridized carbons (Fsp3) is 0.857. The van der Waals surface area contributed by atoms with Crippen molar-refractivity contribution >= 4 is 25.7 Å². The third kappa shape index (κ3) is 31.3. The number of phosphoric ester groups is 1. The molecule has 1 N–H and O–H groups in total. The van der Waals surface area contributed by atoms with Crippen LogP contribution < -0.4 is 10.2 Å². The van der Waals surface area contributed by atoms with Gasteiger partial charge in [0.25, 0.3) is 7.82 Å². The second kappa shape index (κ2) is 28.1. The van der Waals surface area contributed by atoms with Gasteiger partial charge in [0.1, 0.15) is 19.8 Å². The minimum Gasteiger partial charge on any atom is -0.756 e. The van der Waals surface area contributed by atoms with Gasteiger partial charge >= 0.3 is 11.9 Å². The molecule has 0 aromatic carbocycles. The highest BCUT2D eigenvalue weighted by atomic mass is 31.2. The van der Waals surface area contributed by atoms with E-state index < -0.39 is 32.5 Å². The maximum absolute atomic E-state index is 12.6. The van der Waals surface area contributed by atoms with Gasteiger partial charge in [0.05, 0.1) is 27.7 Å². The van der Waals surface area contributed by atoms with Crippen molar-refractivity contribution in [3.05, 3.63) is 12.2 Å². The van der Waals surface area contributed by atoms with Gasteiger partial charge in [0.15, 0.2) is 6.10 Å². The van der Waals surface area contributed by atoms with Crippen LogP contribution in [0.3, 0.4) is 0 Å². The molecule has 0 saturated carbocycles. The Balaban J connectivity index is 4.46. The van der Waals surface area contributed by atoms with Crippen molar-refractivity contribution in [2.75, 3.05) is 54.1 Å². The lowest BCUT2D eigenvalue weighted by Gasteiger charge is -2.28. The summed E-state index contributed by atoms with van der Waals surface area (Å²) >= 11 is 0. The molecular formula is C35H67N2O9P. The number of esters is 2. The summed E-state index contributed by atoms with van der Waals surface area (Å²) in [7, 11) is 1.11. The minimum absolute atomic E-state index is 0.0455. The normalized spacial score (nSPS) is 13.5. The fourth-order valence-corrected chi connectivity index (χ4v) is 5.37. The zero-order valence-corrected chi connectivity index (χ0v) is 31.2. The Hall–Kier alpha value is -1.78. The molecule has 47 heavy (non-hydrogen) atoms. The second-order valence-electron chi connectivity index (χ2n) is 13.6. The third-order valence-electron chi connectivity index (χ3n) is 7.62. The molecule has 0 bridgehead atoms. The Bertz CT molecular complexity index is 908. The molecule has 0 heterocycles. The van der Waals surface area contributed by atoms with Gasteiger partial charge in [-0.15, -0.1) is 0 Å². The van der Waals surface area contributed by atoms with E-state index >= 15 is 0 Å². The summed E-state index contributed by atoms with van der Waals surface area (Å²) in [5, 5.41) is 2.84. The smallest absolute Gasteiger partial charge is 0.306 e. The molecule has 0 rings (SSSR count). The van der Waals surface area contributed by atoms with E-state index in [0.717, 1.165) is 64.2 Å². The number of nitrogens with zero attached hydrogens (tertiary/aromatic N) is 1. The van der Waals surface area contributed by atoms with Gasteiger partial charge in [-0.1, -0.05) is 103 Å². The molecule has 2 atom stereocenters. The molecule has 0 radical (unpaired) electrons. The van der Waals surface area contributed by atoms with E-state index in [-0.39, 0.29) is 32.0 Å². The Morgan fingerprint density at radius 1 is 0.745 bits per heavy atom. The van der Waals surface area contributed by atoms with Crippen LogP contribution in [0.4, 0.5) is 0 Å². The van der Waals surface area contributed by atoms with Crippen molar-refractivity contribution in [3.8, 4) is 0 Å². The van der Waals surface area contributed by atoms with Crippen LogP contribution in [0.5, 0.6) is 0 Å². The molecule has 12 heteroatoms. The van der Waals surface area contributed by atoms with Gasteiger partial charge < -0.3 is 33.2 Å². The lowest BCUT2D eigenvalue weighted by molar-refractivity contribution is -0.870. The van der Waals surface area contributed by atoms with Crippen LogP contribution in [0.25, 0.3) is 0 Å². The molecule has 0 aliphatic carbocycles. The number of unbranched alkanes of at least 4 members (excludes halogenated alkanes) is 15. The average Bonchev–Trinajstić information content (AvgIpc) is 2.99. The second-order valence-corrected chi connectivity index (χ2v) is 15.0. The van der Waals surface area contributed by atoms with E-state index in [0.29, 0.717) is 29.6 Å². The first kappa shape index (κ1) is 45.2. The lowest BCUT2D eigenvalue weighted by atomic mass is 10.1. The summed E-state index contributed by atoms with van der Waals surface area (Å²) in [6, 6.07) is 0. The topological polar surface area (TPSA) is 140 Å². The highest BCUT2D eigenvalue weighted by Gasteiger charge is 2.21. The van der Waals surface area contributed by atoms with Gasteiger partial charge in [-0.05, 0) is 26.2 Å². The zero-order valence-electron chi connectivity index (χ0n) is 30.3. The maximum atomic E-state index is 12.6. The molecule has 0 saturated heterocycles. The molecule has 0 aliphatic heterocycles. The Labute approximate surface area is 285 Å². The number of phosphoric acid groups is 1. The van der Waals surface area contributed by atoms with Crippen molar-refractivity contribution in [2.45, 2.75) is 142 Å². The highest BCUT2D eigenvalue weighted by Crippen LogP contribution is 2.38. The summed E-state index contributed by atoms with van der Waals surface area (Å²) in [6.45, 7) is 7.82. The van der Waals surface area contributed by atoms with Crippen molar-refractivity contribution in [1.29, 1.82) is 0 Å². The Morgan fingerprint density at radius 3 is 1.74 bits per heavy atom. The van der Waals surface area contributed by atoms with Crippen LogP contribution >= 0.6 is 7.82 Å². The van der Waals surface area contributed by atoms with Crippen LogP contribution in [-0.4, -0.2) is 82.5 Å². The summed E-state index contributed by atoms with van der Waals surface area (Å²) in [6.07, 6.45) is 17.3. The summed E-state index contributed by atoms with van der Waals surface area (Å²) in [4.78, 5) is 48.6. The minimum atomic E-state index is -4.63. The Morgan fingerprint density at radius 2 is 1.23 bits per heavy atom. The lowest BCUT2D eigenvalue weighted by Crippen LogP contribution is -2.37. The van der Waals surface area contributed by atoms with Crippen LogP contribution in [0.2, 0.25) is 0 Å². The molecular weight excluding hydrogens is 623 g/mol. The van der Waals surface area contributed by atoms with Crippen LogP contribution in [-0.2, 0) is 37.5 Å². The monoisotopic (exact) mass is 690 g/mol. The molecule has 276 valence electrons.